The summed E-state index contributed by atoms with van der Waals surface area (Å²) in [6, 6.07) is 0. The second-order valence-corrected chi connectivity index (χ2v) is 12.5. The van der Waals surface area contributed by atoms with Crippen LogP contribution in [0.25, 0.3) is 0 Å². The zero-order chi connectivity index (χ0) is 16.9. The summed E-state index contributed by atoms with van der Waals surface area (Å²) in [7, 11) is 0.185. The van der Waals surface area contributed by atoms with E-state index in [1.807, 2.05) is 6.08 Å². The molecule has 0 aromatic carbocycles. The Labute approximate surface area is 138 Å². The molecule has 0 saturated carbocycles. The second-order valence-electron chi connectivity index (χ2n) is 7.71. The third kappa shape index (κ3) is 4.67. The number of hydrogen-bond donors (Lipinski definition) is 0. The molecule has 126 valence electrons. The van der Waals surface area contributed by atoms with E-state index in [9.17, 15) is 0 Å². The van der Waals surface area contributed by atoms with E-state index in [1.165, 1.54) is 0 Å². The maximum absolute atomic E-state index is 6.20. The highest BCUT2D eigenvalue weighted by Gasteiger charge is 2.37. The molecule has 0 saturated heterocycles. The van der Waals surface area contributed by atoms with Crippen molar-refractivity contribution in [1.29, 1.82) is 0 Å². The average Bonchev–Trinajstić information content (AvgIpc) is 2.84. The topological polar surface area (TPSA) is 18.5 Å². The van der Waals surface area contributed by atoms with E-state index in [1.54, 1.807) is 7.11 Å². The molecule has 0 spiro atoms. The lowest BCUT2D eigenvalue weighted by atomic mass is 9.89. The zero-order valence-electron chi connectivity index (χ0n) is 15.3. The summed E-state index contributed by atoms with van der Waals surface area (Å²) >= 11 is 0. The van der Waals surface area contributed by atoms with Gasteiger partial charge in [-0.15, -0.1) is 6.58 Å². The summed E-state index contributed by atoms with van der Waals surface area (Å²) in [5.74, 6) is 0.275. The Bertz CT molecular complexity index is 418. The molecule has 0 aromatic heterocycles. The van der Waals surface area contributed by atoms with E-state index in [0.29, 0.717) is 0 Å². The molecule has 0 unspecified atom stereocenters. The molecule has 0 aromatic rings. The van der Waals surface area contributed by atoms with Crippen molar-refractivity contribution in [1.82, 2.24) is 0 Å². The van der Waals surface area contributed by atoms with Crippen LogP contribution in [-0.2, 0) is 9.16 Å². The Morgan fingerprint density at radius 3 is 2.59 bits per heavy atom. The molecule has 22 heavy (non-hydrogen) atoms. The van der Waals surface area contributed by atoms with Gasteiger partial charge in [-0.25, -0.2) is 0 Å². The predicted octanol–water partition coefficient (Wildman–Crippen LogP) is 5.49. The van der Waals surface area contributed by atoms with Crippen molar-refractivity contribution in [3.05, 3.63) is 37.0 Å². The lowest BCUT2D eigenvalue weighted by Gasteiger charge is -2.36. The van der Waals surface area contributed by atoms with Crippen molar-refractivity contribution in [2.45, 2.75) is 63.8 Å². The van der Waals surface area contributed by atoms with Gasteiger partial charge in [0.05, 0.1) is 5.60 Å². The van der Waals surface area contributed by atoms with E-state index in [2.05, 4.69) is 64.7 Å². The maximum Gasteiger partial charge on any atom is 0.191 e. The quantitative estimate of drug-likeness (QED) is 0.334. The van der Waals surface area contributed by atoms with Crippen molar-refractivity contribution in [2.24, 2.45) is 5.92 Å². The van der Waals surface area contributed by atoms with E-state index in [-0.39, 0.29) is 16.6 Å². The van der Waals surface area contributed by atoms with E-state index >= 15 is 0 Å². The molecule has 0 heterocycles. The van der Waals surface area contributed by atoms with Gasteiger partial charge < -0.3 is 9.16 Å². The summed E-state index contributed by atoms with van der Waals surface area (Å²) in [6.07, 6.45) is 13.8. The average molecular weight is 323 g/mol. The van der Waals surface area contributed by atoms with Crippen molar-refractivity contribution in [2.75, 3.05) is 13.7 Å². The standard InChI is InChI=1S/C19H34O2Si/c1-8-17-13-12-15-19(17,20-5)14-10-9-11-16-21-22(6,7)18(2,3)4/h8,10,12-14,17H,1,9,11,15-16H2,2-7H3/b14-10+/t17-,19-/m1/s1. The normalized spacial score (nSPS) is 26.0. The molecule has 0 amide bonds. The van der Waals surface area contributed by atoms with Crippen LogP contribution in [0.4, 0.5) is 0 Å². The Kier molecular flexibility index (Phi) is 6.84. The van der Waals surface area contributed by atoms with Crippen LogP contribution >= 0.6 is 0 Å². The summed E-state index contributed by atoms with van der Waals surface area (Å²) < 4.78 is 12.0. The van der Waals surface area contributed by atoms with Gasteiger partial charge in [-0.1, -0.05) is 51.2 Å². The highest BCUT2D eigenvalue weighted by molar-refractivity contribution is 6.74. The summed E-state index contributed by atoms with van der Waals surface area (Å²) in [5.41, 5.74) is -0.220. The van der Waals surface area contributed by atoms with Gasteiger partial charge in [0.1, 0.15) is 0 Å². The van der Waals surface area contributed by atoms with Crippen molar-refractivity contribution >= 4 is 8.32 Å². The monoisotopic (exact) mass is 322 g/mol. The van der Waals surface area contributed by atoms with Crippen molar-refractivity contribution < 1.29 is 9.16 Å². The smallest absolute Gasteiger partial charge is 0.191 e. The number of hydrogen-bond acceptors (Lipinski definition) is 2. The van der Waals surface area contributed by atoms with Gasteiger partial charge in [0.2, 0.25) is 0 Å². The Morgan fingerprint density at radius 1 is 1.36 bits per heavy atom. The molecular weight excluding hydrogens is 288 g/mol. The number of allylic oxidation sites excluding steroid dienone is 1. The number of rotatable bonds is 8. The number of ether oxygens (including phenoxy) is 1. The summed E-state index contributed by atoms with van der Waals surface area (Å²) in [5, 5.41) is 0.287. The van der Waals surface area contributed by atoms with Crippen LogP contribution in [0.3, 0.4) is 0 Å². The fraction of sp³-hybridized carbons (Fsp3) is 0.684. The Morgan fingerprint density at radius 2 is 2.05 bits per heavy atom. The maximum atomic E-state index is 6.20. The van der Waals surface area contributed by atoms with Crippen molar-refractivity contribution in [3.63, 3.8) is 0 Å². The highest BCUT2D eigenvalue weighted by Crippen LogP contribution is 2.37. The SMILES string of the molecule is C=C[C@@H]1C=CC[C@@]1(/C=C/CCCO[Si](C)(C)C(C)(C)C)OC. The Balaban J connectivity index is 2.40. The minimum Gasteiger partial charge on any atom is -0.417 e. The largest absolute Gasteiger partial charge is 0.417 e. The van der Waals surface area contributed by atoms with Gasteiger partial charge in [-0.2, -0.15) is 0 Å². The van der Waals surface area contributed by atoms with E-state index in [4.69, 9.17) is 9.16 Å². The van der Waals surface area contributed by atoms with E-state index < -0.39 is 8.32 Å². The predicted molar refractivity (Wildman–Crippen MR) is 98.7 cm³/mol. The lowest BCUT2D eigenvalue weighted by molar-refractivity contribution is 0.0213. The molecule has 0 fully saturated rings. The van der Waals surface area contributed by atoms with Crippen LogP contribution < -0.4 is 0 Å². The zero-order valence-corrected chi connectivity index (χ0v) is 16.3. The van der Waals surface area contributed by atoms with Crippen LogP contribution in [0.15, 0.2) is 37.0 Å². The van der Waals surface area contributed by atoms with Gasteiger partial charge >= 0.3 is 0 Å². The molecule has 2 atom stereocenters. The minimum atomic E-state index is -1.60. The van der Waals surface area contributed by atoms with Gasteiger partial charge in [0.15, 0.2) is 8.32 Å². The molecule has 3 heteroatoms. The molecule has 0 radical (unpaired) electrons. The first kappa shape index (κ1) is 19.4. The molecule has 0 aliphatic heterocycles. The summed E-state index contributed by atoms with van der Waals surface area (Å²) in [4.78, 5) is 0. The van der Waals surface area contributed by atoms with Gasteiger partial charge in [0.25, 0.3) is 0 Å². The fourth-order valence-corrected chi connectivity index (χ4v) is 3.56. The lowest BCUT2D eigenvalue weighted by Crippen LogP contribution is -2.40. The molecule has 1 aliphatic carbocycles. The first-order valence-electron chi connectivity index (χ1n) is 8.34. The number of unbranched alkanes of at least 4 members (excludes halogenated alkanes) is 1. The minimum absolute atomic E-state index is 0.220. The van der Waals surface area contributed by atoms with Crippen LogP contribution in [0.5, 0.6) is 0 Å². The van der Waals surface area contributed by atoms with E-state index in [0.717, 1.165) is 25.9 Å². The van der Waals surface area contributed by atoms with Gasteiger partial charge in [0, 0.05) is 19.6 Å². The molecule has 0 bridgehead atoms. The van der Waals surface area contributed by atoms with Crippen LogP contribution in [0, 0.1) is 5.92 Å². The first-order valence-corrected chi connectivity index (χ1v) is 11.3. The molecule has 0 N–H and O–H groups in total. The highest BCUT2D eigenvalue weighted by atomic mass is 28.4. The summed E-state index contributed by atoms with van der Waals surface area (Å²) in [6.45, 7) is 16.2. The number of methoxy groups -OCH3 is 1. The second kappa shape index (κ2) is 7.76. The molecular formula is C19H34O2Si. The molecule has 1 rings (SSSR count). The van der Waals surface area contributed by atoms with Gasteiger partial charge in [-0.3, -0.25) is 0 Å². The van der Waals surface area contributed by atoms with Gasteiger partial charge in [-0.05, 0) is 37.4 Å². The Hall–Kier alpha value is -0.643. The third-order valence-corrected chi connectivity index (χ3v) is 9.70. The van der Waals surface area contributed by atoms with Crippen LogP contribution in [-0.4, -0.2) is 27.6 Å². The van der Waals surface area contributed by atoms with Crippen LogP contribution in [0.1, 0.15) is 40.0 Å². The van der Waals surface area contributed by atoms with Crippen molar-refractivity contribution in [3.8, 4) is 0 Å². The van der Waals surface area contributed by atoms with Crippen LogP contribution in [0.2, 0.25) is 18.1 Å². The fourth-order valence-electron chi connectivity index (χ4n) is 2.47. The third-order valence-electron chi connectivity index (χ3n) is 5.16. The molecule has 2 nitrogen and oxygen atoms in total. The molecule has 1 aliphatic rings. The first-order chi connectivity index (χ1) is 10.2.